The highest BCUT2D eigenvalue weighted by atomic mass is 16.6. The zero-order valence-electron chi connectivity index (χ0n) is 25.3. The van der Waals surface area contributed by atoms with E-state index in [4.69, 9.17) is 4.74 Å². The highest BCUT2D eigenvalue weighted by Crippen LogP contribution is 2.27. The van der Waals surface area contributed by atoms with Gasteiger partial charge in [-0.1, -0.05) is 57.4 Å². The van der Waals surface area contributed by atoms with E-state index in [1.807, 2.05) is 13.8 Å². The van der Waals surface area contributed by atoms with E-state index < -0.39 is 29.7 Å². The predicted molar refractivity (Wildman–Crippen MR) is 160 cm³/mol. The number of phenolic OH excluding ortho intramolecular Hbond substituents is 2. The molecule has 2 rings (SSSR count). The third kappa shape index (κ3) is 11.3. The fraction of sp³-hybridized carbons (Fsp3) is 0.531. The highest BCUT2D eigenvalue weighted by molar-refractivity contribution is 5.92. The summed E-state index contributed by atoms with van der Waals surface area (Å²) in [6, 6.07) is 10.5. The van der Waals surface area contributed by atoms with Gasteiger partial charge < -0.3 is 30.5 Å². The van der Waals surface area contributed by atoms with Crippen LogP contribution in [0.1, 0.15) is 90.8 Å². The lowest BCUT2D eigenvalue weighted by Gasteiger charge is -2.35. The molecular weight excluding hydrogens is 522 g/mol. The summed E-state index contributed by atoms with van der Waals surface area (Å²) < 4.78 is 5.47. The maximum Gasteiger partial charge on any atom is 0.408 e. The van der Waals surface area contributed by atoms with Crippen molar-refractivity contribution in [2.45, 2.75) is 104 Å². The Labute approximate surface area is 244 Å². The van der Waals surface area contributed by atoms with Gasteiger partial charge in [-0.05, 0) is 75.9 Å². The topological polar surface area (TPSA) is 128 Å². The van der Waals surface area contributed by atoms with Crippen LogP contribution < -0.4 is 10.6 Å². The summed E-state index contributed by atoms with van der Waals surface area (Å²) in [7, 11) is 0. The normalized spacial score (nSPS) is 13.5. The molecule has 0 heterocycles. The molecule has 0 fully saturated rings. The fourth-order valence-corrected chi connectivity index (χ4v) is 4.61. The van der Waals surface area contributed by atoms with Gasteiger partial charge in [0.15, 0.2) is 0 Å². The molecule has 0 aliphatic heterocycles. The van der Waals surface area contributed by atoms with Crippen molar-refractivity contribution in [1.82, 2.24) is 15.5 Å². The molecule has 3 amide bonds. The van der Waals surface area contributed by atoms with Gasteiger partial charge >= 0.3 is 6.09 Å². The van der Waals surface area contributed by atoms with E-state index >= 15 is 0 Å². The van der Waals surface area contributed by atoms with Crippen molar-refractivity contribution in [1.29, 1.82) is 0 Å². The molecule has 2 aromatic rings. The number of nitrogens with one attached hydrogen (secondary N) is 2. The number of aromatic hydroxyl groups is 2. The SMILES string of the molecule is CCCCCN(C(=O)C(Cc1ccc(O)cc1)NC(=O)OC(C)(C)C)C(C(=O)NC(C)CCC)c1cccc(O)c1. The second kappa shape index (κ2) is 15.9. The van der Waals surface area contributed by atoms with E-state index in [1.54, 1.807) is 45.0 Å². The number of carbonyl (C=O) groups is 3. The maximum absolute atomic E-state index is 14.4. The van der Waals surface area contributed by atoms with E-state index in [9.17, 15) is 24.6 Å². The van der Waals surface area contributed by atoms with Crippen molar-refractivity contribution in [3.05, 3.63) is 59.7 Å². The Hall–Kier alpha value is -3.75. The summed E-state index contributed by atoms with van der Waals surface area (Å²) >= 11 is 0. The lowest BCUT2D eigenvalue weighted by molar-refractivity contribution is -0.142. The number of unbranched alkanes of at least 4 members (excludes halogenated alkanes) is 2. The largest absolute Gasteiger partial charge is 0.508 e. The van der Waals surface area contributed by atoms with Crippen molar-refractivity contribution in [3.8, 4) is 11.5 Å². The molecule has 0 bridgehead atoms. The third-order valence-electron chi connectivity index (χ3n) is 6.51. The van der Waals surface area contributed by atoms with E-state index in [-0.39, 0.29) is 36.4 Å². The molecule has 9 nitrogen and oxygen atoms in total. The number of benzene rings is 2. The van der Waals surface area contributed by atoms with Gasteiger partial charge in [0.2, 0.25) is 11.8 Å². The Balaban J connectivity index is 2.56. The van der Waals surface area contributed by atoms with Crippen molar-refractivity contribution in [2.24, 2.45) is 0 Å². The van der Waals surface area contributed by atoms with Crippen molar-refractivity contribution in [2.75, 3.05) is 6.54 Å². The Morgan fingerprint density at radius 2 is 1.61 bits per heavy atom. The second-order valence-corrected chi connectivity index (χ2v) is 11.5. The number of alkyl carbamates (subject to hydrolysis) is 1. The van der Waals surface area contributed by atoms with Crippen LogP contribution >= 0.6 is 0 Å². The molecule has 3 atom stereocenters. The average molecular weight is 570 g/mol. The quantitative estimate of drug-likeness (QED) is 0.219. The first-order chi connectivity index (χ1) is 19.3. The third-order valence-corrected chi connectivity index (χ3v) is 6.51. The minimum absolute atomic E-state index is 0.0182. The Morgan fingerprint density at radius 3 is 2.20 bits per heavy atom. The van der Waals surface area contributed by atoms with Crippen LogP contribution in [-0.2, 0) is 20.7 Å². The number of rotatable bonds is 14. The molecule has 0 radical (unpaired) electrons. The van der Waals surface area contributed by atoms with E-state index in [1.165, 1.54) is 29.2 Å². The average Bonchev–Trinajstić information content (AvgIpc) is 2.87. The van der Waals surface area contributed by atoms with Gasteiger partial charge in [0.25, 0.3) is 0 Å². The van der Waals surface area contributed by atoms with E-state index in [0.29, 0.717) is 17.5 Å². The zero-order valence-corrected chi connectivity index (χ0v) is 25.3. The first-order valence-electron chi connectivity index (χ1n) is 14.5. The van der Waals surface area contributed by atoms with Gasteiger partial charge in [0.05, 0.1) is 0 Å². The van der Waals surface area contributed by atoms with Crippen molar-refractivity contribution >= 4 is 17.9 Å². The van der Waals surface area contributed by atoms with Crippen molar-refractivity contribution in [3.63, 3.8) is 0 Å². The van der Waals surface area contributed by atoms with Gasteiger partial charge in [-0.3, -0.25) is 9.59 Å². The molecule has 0 aliphatic rings. The molecule has 3 unspecified atom stereocenters. The number of carbonyl (C=O) groups excluding carboxylic acids is 3. The standard InChI is InChI=1S/C32H47N3O6/c1-7-9-10-19-35(28(24-13-11-14-26(37)21-24)29(38)33-22(3)12-8-2)30(39)27(34-31(40)41-32(4,5)6)20-23-15-17-25(36)18-16-23/h11,13-18,21-22,27-28,36-37H,7-10,12,19-20H2,1-6H3,(H,33,38)(H,34,40). The van der Waals surface area contributed by atoms with E-state index in [2.05, 4.69) is 17.6 Å². The lowest BCUT2D eigenvalue weighted by atomic mass is 9.99. The Bertz CT molecular complexity index is 1130. The number of hydrogen-bond acceptors (Lipinski definition) is 6. The summed E-state index contributed by atoms with van der Waals surface area (Å²) in [4.78, 5) is 42.6. The minimum atomic E-state index is -1.06. The summed E-state index contributed by atoms with van der Waals surface area (Å²) in [5, 5.41) is 25.8. The minimum Gasteiger partial charge on any atom is -0.508 e. The molecule has 9 heteroatoms. The highest BCUT2D eigenvalue weighted by Gasteiger charge is 2.36. The molecule has 4 N–H and O–H groups in total. The first kappa shape index (κ1) is 33.5. The number of ether oxygens (including phenoxy) is 1. The van der Waals surface area contributed by atoms with Crippen LogP contribution in [0.3, 0.4) is 0 Å². The van der Waals surface area contributed by atoms with Crippen LogP contribution in [0.5, 0.6) is 11.5 Å². The number of amides is 3. The molecular formula is C32H47N3O6. The van der Waals surface area contributed by atoms with Gasteiger partial charge in [0.1, 0.15) is 29.2 Å². The Morgan fingerprint density at radius 1 is 0.927 bits per heavy atom. The van der Waals surface area contributed by atoms with Crippen LogP contribution in [0.25, 0.3) is 0 Å². The zero-order chi connectivity index (χ0) is 30.6. The smallest absolute Gasteiger partial charge is 0.408 e. The molecule has 0 aliphatic carbocycles. The van der Waals surface area contributed by atoms with Gasteiger partial charge in [-0.15, -0.1) is 0 Å². The predicted octanol–water partition coefficient (Wildman–Crippen LogP) is 5.60. The van der Waals surface area contributed by atoms with Gasteiger partial charge in [0, 0.05) is 19.0 Å². The first-order valence-corrected chi connectivity index (χ1v) is 14.5. The van der Waals surface area contributed by atoms with Crippen molar-refractivity contribution < 1.29 is 29.3 Å². The summed E-state index contributed by atoms with van der Waals surface area (Å²) in [5.74, 6) is -0.746. The van der Waals surface area contributed by atoms with Crippen LogP contribution in [0.2, 0.25) is 0 Å². The number of phenols is 2. The lowest BCUT2D eigenvalue weighted by Crippen LogP contribution is -2.54. The van der Waals surface area contributed by atoms with Gasteiger partial charge in [-0.2, -0.15) is 0 Å². The summed E-state index contributed by atoms with van der Waals surface area (Å²) in [6.07, 6.45) is 3.41. The molecule has 226 valence electrons. The maximum atomic E-state index is 14.4. The molecule has 0 saturated carbocycles. The monoisotopic (exact) mass is 569 g/mol. The molecule has 2 aromatic carbocycles. The van der Waals surface area contributed by atoms with Crippen LogP contribution in [0.4, 0.5) is 4.79 Å². The number of hydrogen-bond donors (Lipinski definition) is 4. The molecule has 41 heavy (non-hydrogen) atoms. The van der Waals surface area contributed by atoms with Gasteiger partial charge in [-0.25, -0.2) is 4.79 Å². The van der Waals surface area contributed by atoms with Crippen LogP contribution in [0.15, 0.2) is 48.5 Å². The van der Waals surface area contributed by atoms with Crippen LogP contribution in [0, 0.1) is 0 Å². The molecule has 0 saturated heterocycles. The van der Waals surface area contributed by atoms with E-state index in [0.717, 1.165) is 25.7 Å². The molecule has 0 spiro atoms. The van der Waals surface area contributed by atoms with Crippen LogP contribution in [-0.4, -0.2) is 57.3 Å². The fourth-order valence-electron chi connectivity index (χ4n) is 4.61. The number of nitrogens with zero attached hydrogens (tertiary/aromatic N) is 1. The Kier molecular flexibility index (Phi) is 13.0. The summed E-state index contributed by atoms with van der Waals surface area (Å²) in [5.41, 5.74) is 0.397. The molecule has 0 aromatic heterocycles. The second-order valence-electron chi connectivity index (χ2n) is 11.5. The summed E-state index contributed by atoms with van der Waals surface area (Å²) in [6.45, 7) is 11.5.